The fourth-order valence-corrected chi connectivity index (χ4v) is 2.46. The lowest BCUT2D eigenvalue weighted by molar-refractivity contribution is -0.125. The van der Waals surface area contributed by atoms with E-state index in [-0.39, 0.29) is 37.0 Å². The quantitative estimate of drug-likeness (QED) is 0.767. The molecule has 0 aliphatic heterocycles. The van der Waals surface area contributed by atoms with E-state index in [1.54, 1.807) is 0 Å². The second-order valence-electron chi connectivity index (χ2n) is 6.66. The lowest BCUT2D eigenvalue weighted by Gasteiger charge is -2.22. The van der Waals surface area contributed by atoms with Gasteiger partial charge in [0.2, 0.25) is 11.8 Å². The highest BCUT2D eigenvalue weighted by atomic mass is 16.2. The normalized spacial score (nSPS) is 12.3. The van der Waals surface area contributed by atoms with Crippen LogP contribution in [0.15, 0.2) is 18.2 Å². The van der Waals surface area contributed by atoms with Gasteiger partial charge in [-0.15, -0.1) is 0 Å². The summed E-state index contributed by atoms with van der Waals surface area (Å²) in [4.78, 5) is 25.9. The number of amides is 2. The number of hydrogen-bond acceptors (Lipinski definition) is 3. The first-order valence-electron chi connectivity index (χ1n) is 8.61. The lowest BCUT2D eigenvalue weighted by atomic mass is 10.0. The van der Waals surface area contributed by atoms with Crippen molar-refractivity contribution in [3.63, 3.8) is 0 Å². The average Bonchev–Trinajstić information content (AvgIpc) is 2.48. The number of nitrogens with zero attached hydrogens (tertiary/aromatic N) is 1. The van der Waals surface area contributed by atoms with Crippen molar-refractivity contribution in [2.75, 3.05) is 19.6 Å². The molecule has 0 saturated heterocycles. The molecule has 0 fully saturated rings. The molecule has 1 atom stereocenters. The summed E-state index contributed by atoms with van der Waals surface area (Å²) in [6.07, 6.45) is 0. The fraction of sp³-hybridized carbons (Fsp3) is 0.579. The molecule has 0 unspecified atom stereocenters. The molecular formula is C19H31N3O2. The van der Waals surface area contributed by atoms with Gasteiger partial charge in [0.05, 0.1) is 19.1 Å². The zero-order chi connectivity index (χ0) is 18.3. The third-order valence-electron chi connectivity index (χ3n) is 4.04. The lowest BCUT2D eigenvalue weighted by Crippen LogP contribution is -2.44. The Kier molecular flexibility index (Phi) is 7.92. The number of hydrogen-bond donors (Lipinski definition) is 2. The van der Waals surface area contributed by atoms with E-state index in [0.717, 1.165) is 5.56 Å². The summed E-state index contributed by atoms with van der Waals surface area (Å²) in [5.41, 5.74) is 3.55. The van der Waals surface area contributed by atoms with E-state index in [1.165, 1.54) is 11.1 Å². The van der Waals surface area contributed by atoms with Gasteiger partial charge in [-0.05, 0) is 57.9 Å². The number of benzene rings is 1. The molecule has 0 aromatic heterocycles. The second kappa shape index (κ2) is 9.42. The van der Waals surface area contributed by atoms with Crippen LogP contribution in [-0.2, 0) is 9.59 Å². The van der Waals surface area contributed by atoms with Gasteiger partial charge in [0.15, 0.2) is 0 Å². The highest BCUT2D eigenvalue weighted by molar-refractivity contribution is 5.81. The first-order chi connectivity index (χ1) is 11.2. The molecular weight excluding hydrogens is 302 g/mol. The standard InChI is InChI=1S/C19H31N3O2/c1-7-22(11-18(23)20-13(2)3)12-19(24)21-16(6)17-9-8-14(4)15(5)10-17/h8-10,13,16H,7,11-12H2,1-6H3,(H,20,23)(H,21,24)/t16-/m1/s1. The number of aryl methyl sites for hydroxylation is 2. The van der Waals surface area contributed by atoms with Crippen molar-refractivity contribution in [1.82, 2.24) is 15.5 Å². The number of carbonyl (C=O) groups is 2. The minimum absolute atomic E-state index is 0.0538. The molecule has 0 spiro atoms. The van der Waals surface area contributed by atoms with E-state index in [2.05, 4.69) is 36.6 Å². The van der Waals surface area contributed by atoms with Gasteiger partial charge < -0.3 is 10.6 Å². The van der Waals surface area contributed by atoms with Crippen LogP contribution in [0.1, 0.15) is 50.4 Å². The van der Waals surface area contributed by atoms with Crippen LogP contribution in [-0.4, -0.2) is 42.4 Å². The zero-order valence-corrected chi connectivity index (χ0v) is 15.8. The van der Waals surface area contributed by atoms with E-state index < -0.39 is 0 Å². The van der Waals surface area contributed by atoms with Crippen molar-refractivity contribution in [3.8, 4) is 0 Å². The largest absolute Gasteiger partial charge is 0.353 e. The van der Waals surface area contributed by atoms with Gasteiger partial charge in [0, 0.05) is 6.04 Å². The third kappa shape index (κ3) is 6.71. The molecule has 5 nitrogen and oxygen atoms in total. The average molecular weight is 333 g/mol. The van der Waals surface area contributed by atoms with E-state index in [9.17, 15) is 9.59 Å². The maximum absolute atomic E-state index is 12.3. The second-order valence-corrected chi connectivity index (χ2v) is 6.66. The summed E-state index contributed by atoms with van der Waals surface area (Å²) in [6, 6.07) is 6.27. The van der Waals surface area contributed by atoms with E-state index >= 15 is 0 Å². The van der Waals surface area contributed by atoms with Crippen LogP contribution >= 0.6 is 0 Å². The molecule has 0 bridgehead atoms. The van der Waals surface area contributed by atoms with Gasteiger partial charge in [-0.25, -0.2) is 0 Å². The van der Waals surface area contributed by atoms with Crippen molar-refractivity contribution in [2.45, 2.75) is 53.6 Å². The van der Waals surface area contributed by atoms with Gasteiger partial charge in [-0.2, -0.15) is 0 Å². The first kappa shape index (κ1) is 20.2. The van der Waals surface area contributed by atoms with E-state index in [4.69, 9.17) is 0 Å². The molecule has 0 radical (unpaired) electrons. The van der Waals surface area contributed by atoms with Crippen molar-refractivity contribution >= 4 is 11.8 Å². The van der Waals surface area contributed by atoms with Gasteiger partial charge in [0.25, 0.3) is 0 Å². The third-order valence-corrected chi connectivity index (χ3v) is 4.04. The molecule has 0 heterocycles. The van der Waals surface area contributed by atoms with Crippen LogP contribution in [0, 0.1) is 13.8 Å². The highest BCUT2D eigenvalue weighted by Gasteiger charge is 2.16. The Morgan fingerprint density at radius 3 is 2.08 bits per heavy atom. The Hall–Kier alpha value is -1.88. The zero-order valence-electron chi connectivity index (χ0n) is 15.8. The summed E-state index contributed by atoms with van der Waals surface area (Å²) in [5, 5.41) is 5.86. The molecule has 0 saturated carbocycles. The van der Waals surface area contributed by atoms with E-state index in [0.29, 0.717) is 6.54 Å². The molecule has 0 aliphatic rings. The van der Waals surface area contributed by atoms with Crippen LogP contribution in [0.2, 0.25) is 0 Å². The van der Waals surface area contributed by atoms with Gasteiger partial charge in [0.1, 0.15) is 0 Å². The number of nitrogens with one attached hydrogen (secondary N) is 2. The fourth-order valence-electron chi connectivity index (χ4n) is 2.46. The summed E-state index contributed by atoms with van der Waals surface area (Å²) >= 11 is 0. The Morgan fingerprint density at radius 2 is 1.58 bits per heavy atom. The number of rotatable bonds is 8. The maximum Gasteiger partial charge on any atom is 0.234 e. The van der Waals surface area contributed by atoms with Gasteiger partial charge in [-0.1, -0.05) is 25.1 Å². The number of carbonyl (C=O) groups excluding carboxylic acids is 2. The Morgan fingerprint density at radius 1 is 1.00 bits per heavy atom. The molecule has 2 N–H and O–H groups in total. The summed E-state index contributed by atoms with van der Waals surface area (Å²) in [5.74, 6) is -0.123. The SMILES string of the molecule is CCN(CC(=O)NC(C)C)CC(=O)N[C@H](C)c1ccc(C)c(C)c1. The van der Waals surface area contributed by atoms with Gasteiger partial charge in [-0.3, -0.25) is 14.5 Å². The smallest absolute Gasteiger partial charge is 0.234 e. The summed E-state index contributed by atoms with van der Waals surface area (Å²) < 4.78 is 0. The Labute approximate surface area is 145 Å². The molecule has 5 heteroatoms. The molecule has 2 amide bonds. The van der Waals surface area contributed by atoms with Gasteiger partial charge >= 0.3 is 0 Å². The molecule has 1 rings (SSSR count). The highest BCUT2D eigenvalue weighted by Crippen LogP contribution is 2.16. The first-order valence-corrected chi connectivity index (χ1v) is 8.61. The van der Waals surface area contributed by atoms with Crippen molar-refractivity contribution in [1.29, 1.82) is 0 Å². The van der Waals surface area contributed by atoms with Crippen LogP contribution in [0.3, 0.4) is 0 Å². The number of likely N-dealkylation sites (N-methyl/N-ethyl adjacent to an activating group) is 1. The Bertz CT molecular complexity index is 570. The monoisotopic (exact) mass is 333 g/mol. The summed E-state index contributed by atoms with van der Waals surface area (Å²) in [7, 11) is 0. The summed E-state index contributed by atoms with van der Waals surface area (Å²) in [6.45, 7) is 13.0. The molecule has 1 aromatic rings. The molecule has 134 valence electrons. The molecule has 0 aliphatic carbocycles. The van der Waals surface area contributed by atoms with Crippen molar-refractivity contribution in [3.05, 3.63) is 34.9 Å². The van der Waals surface area contributed by atoms with Crippen LogP contribution < -0.4 is 10.6 Å². The van der Waals surface area contributed by atoms with Crippen molar-refractivity contribution < 1.29 is 9.59 Å². The van der Waals surface area contributed by atoms with Crippen LogP contribution in [0.25, 0.3) is 0 Å². The predicted octanol–water partition coefficient (Wildman–Crippen LogP) is 2.33. The van der Waals surface area contributed by atoms with E-state index in [1.807, 2.05) is 38.7 Å². The Balaban J connectivity index is 2.56. The topological polar surface area (TPSA) is 61.4 Å². The molecule has 24 heavy (non-hydrogen) atoms. The maximum atomic E-state index is 12.3. The molecule has 1 aromatic carbocycles. The van der Waals surface area contributed by atoms with Crippen molar-refractivity contribution in [2.24, 2.45) is 0 Å². The minimum Gasteiger partial charge on any atom is -0.353 e. The van der Waals surface area contributed by atoms with Crippen LogP contribution in [0.4, 0.5) is 0 Å². The van der Waals surface area contributed by atoms with Crippen LogP contribution in [0.5, 0.6) is 0 Å². The minimum atomic E-state index is -0.0695. The predicted molar refractivity (Wildman–Crippen MR) is 97.9 cm³/mol.